The van der Waals surface area contributed by atoms with E-state index in [0.717, 1.165) is 11.9 Å². The average Bonchev–Trinajstić information content (AvgIpc) is 3.00. The van der Waals surface area contributed by atoms with E-state index in [1.165, 1.54) is 31.7 Å². The molecule has 4 nitrogen and oxygen atoms in total. The third-order valence-corrected chi connectivity index (χ3v) is 4.77. The topological polar surface area (TPSA) is 66.0 Å². The summed E-state index contributed by atoms with van der Waals surface area (Å²) >= 11 is 0. The number of aromatic amines is 1. The van der Waals surface area contributed by atoms with E-state index in [0.29, 0.717) is 28.8 Å². The first kappa shape index (κ1) is 11.9. The molecule has 0 amide bonds. The fraction of sp³-hybridized carbons (Fsp3) is 0.467. The summed E-state index contributed by atoms with van der Waals surface area (Å²) in [5.41, 5.74) is 0.796. The van der Waals surface area contributed by atoms with Crippen LogP contribution in [-0.2, 0) is 0 Å². The van der Waals surface area contributed by atoms with Crippen molar-refractivity contribution in [3.05, 3.63) is 29.3 Å². The maximum Gasteiger partial charge on any atom is 0.338 e. The summed E-state index contributed by atoms with van der Waals surface area (Å²) < 4.78 is 13.5. The molecule has 2 N–H and O–H groups in total. The predicted molar refractivity (Wildman–Crippen MR) is 71.2 cm³/mol. The molecule has 20 heavy (non-hydrogen) atoms. The zero-order valence-electron chi connectivity index (χ0n) is 10.9. The molecular weight excluding hydrogens is 259 g/mol. The van der Waals surface area contributed by atoms with Crippen LogP contribution < -0.4 is 0 Å². The molecule has 2 unspecified atom stereocenters. The summed E-state index contributed by atoms with van der Waals surface area (Å²) in [6.45, 7) is 0. The lowest BCUT2D eigenvalue weighted by atomic mass is 10.0. The fourth-order valence-electron chi connectivity index (χ4n) is 3.82. The number of hydrogen-bond donors (Lipinski definition) is 2. The van der Waals surface area contributed by atoms with Crippen molar-refractivity contribution in [1.82, 2.24) is 9.97 Å². The van der Waals surface area contributed by atoms with Gasteiger partial charge in [0.25, 0.3) is 0 Å². The number of imidazole rings is 1. The molecule has 1 aromatic carbocycles. The van der Waals surface area contributed by atoms with Crippen LogP contribution in [0.5, 0.6) is 0 Å². The Hall–Kier alpha value is -1.91. The number of aromatic carboxylic acids is 1. The van der Waals surface area contributed by atoms with Crippen molar-refractivity contribution < 1.29 is 14.3 Å². The number of benzene rings is 1. The molecule has 1 heterocycles. The van der Waals surface area contributed by atoms with Gasteiger partial charge in [-0.2, -0.15) is 0 Å². The van der Waals surface area contributed by atoms with Crippen molar-refractivity contribution in [3.8, 4) is 0 Å². The van der Waals surface area contributed by atoms with Gasteiger partial charge in [-0.1, -0.05) is 12.8 Å². The molecule has 2 atom stereocenters. The van der Waals surface area contributed by atoms with Gasteiger partial charge in [0.05, 0.1) is 11.1 Å². The van der Waals surface area contributed by atoms with Crippen molar-refractivity contribution in [2.24, 2.45) is 11.8 Å². The van der Waals surface area contributed by atoms with Crippen LogP contribution in [0.25, 0.3) is 11.0 Å². The summed E-state index contributed by atoms with van der Waals surface area (Å²) in [5.74, 6) is 0.934. The monoisotopic (exact) mass is 274 g/mol. The van der Waals surface area contributed by atoms with Gasteiger partial charge in [0.2, 0.25) is 0 Å². The highest BCUT2D eigenvalue weighted by atomic mass is 19.1. The number of nitrogens with one attached hydrogen (secondary N) is 1. The van der Waals surface area contributed by atoms with E-state index in [-0.39, 0.29) is 5.56 Å². The second kappa shape index (κ2) is 4.04. The maximum absolute atomic E-state index is 13.5. The smallest absolute Gasteiger partial charge is 0.338 e. The van der Waals surface area contributed by atoms with E-state index in [2.05, 4.69) is 9.97 Å². The maximum atomic E-state index is 13.5. The van der Waals surface area contributed by atoms with Gasteiger partial charge in [0, 0.05) is 5.92 Å². The Kier molecular flexibility index (Phi) is 2.40. The normalized spacial score (nSPS) is 28.4. The van der Waals surface area contributed by atoms with E-state index >= 15 is 0 Å². The lowest BCUT2D eigenvalue weighted by Crippen LogP contribution is -1.98. The summed E-state index contributed by atoms with van der Waals surface area (Å²) in [6.07, 6.45) is 5.00. The van der Waals surface area contributed by atoms with Gasteiger partial charge in [-0.15, -0.1) is 0 Å². The van der Waals surface area contributed by atoms with Crippen LogP contribution in [0.3, 0.4) is 0 Å². The molecule has 1 aromatic heterocycles. The molecular formula is C15H15FN2O2. The quantitative estimate of drug-likeness (QED) is 0.883. The molecule has 0 aliphatic heterocycles. The number of carboxylic acid groups (broad SMARTS) is 1. The highest BCUT2D eigenvalue weighted by Crippen LogP contribution is 2.60. The SMILES string of the molecule is O=C(O)c1cc(F)cc2[nH]c(C3C4CCCCC43)nc12. The number of nitrogens with zero attached hydrogens (tertiary/aromatic N) is 1. The minimum Gasteiger partial charge on any atom is -0.478 e. The largest absolute Gasteiger partial charge is 0.478 e. The molecule has 0 bridgehead atoms. The number of aromatic nitrogens is 2. The molecule has 104 valence electrons. The fourth-order valence-corrected chi connectivity index (χ4v) is 3.82. The Morgan fingerprint density at radius 2 is 2.00 bits per heavy atom. The second-order valence-electron chi connectivity index (χ2n) is 5.91. The van der Waals surface area contributed by atoms with Gasteiger partial charge in [-0.05, 0) is 36.8 Å². The molecule has 4 rings (SSSR count). The van der Waals surface area contributed by atoms with Crippen LogP contribution in [0.15, 0.2) is 12.1 Å². The molecule has 0 saturated heterocycles. The minimum atomic E-state index is -1.14. The number of carbonyl (C=O) groups is 1. The second-order valence-corrected chi connectivity index (χ2v) is 5.91. The Morgan fingerprint density at radius 3 is 2.65 bits per heavy atom. The first-order valence-corrected chi connectivity index (χ1v) is 7.07. The minimum absolute atomic E-state index is 0.0638. The van der Waals surface area contributed by atoms with Crippen LogP contribution in [0, 0.1) is 17.7 Å². The standard InChI is InChI=1S/C15H15FN2O2/c16-7-5-10(15(19)20)13-11(6-7)17-14(18-13)12-8-3-1-2-4-9(8)12/h5-6,8-9,12H,1-4H2,(H,17,18)(H,19,20). The Labute approximate surface area is 115 Å². The Morgan fingerprint density at radius 1 is 1.30 bits per heavy atom. The van der Waals surface area contributed by atoms with Crippen LogP contribution in [0.4, 0.5) is 4.39 Å². The first-order chi connectivity index (χ1) is 9.65. The third-order valence-electron chi connectivity index (χ3n) is 4.77. The average molecular weight is 274 g/mol. The van der Waals surface area contributed by atoms with Gasteiger partial charge in [-0.3, -0.25) is 0 Å². The molecule has 2 aromatic rings. The molecule has 0 radical (unpaired) electrons. The lowest BCUT2D eigenvalue weighted by molar-refractivity contribution is 0.0698. The zero-order valence-corrected chi connectivity index (χ0v) is 10.9. The lowest BCUT2D eigenvalue weighted by Gasteiger charge is -2.04. The van der Waals surface area contributed by atoms with Crippen LogP contribution in [0.2, 0.25) is 0 Å². The summed E-state index contributed by atoms with van der Waals surface area (Å²) in [4.78, 5) is 18.8. The van der Waals surface area contributed by atoms with E-state index in [9.17, 15) is 9.18 Å². The van der Waals surface area contributed by atoms with Gasteiger partial charge < -0.3 is 10.1 Å². The van der Waals surface area contributed by atoms with E-state index < -0.39 is 11.8 Å². The number of hydrogen-bond acceptors (Lipinski definition) is 2. The van der Waals surface area contributed by atoms with Crippen molar-refractivity contribution in [3.63, 3.8) is 0 Å². The summed E-state index contributed by atoms with van der Waals surface area (Å²) in [5, 5.41) is 9.16. The highest BCUT2D eigenvalue weighted by molar-refractivity contribution is 6.01. The number of H-pyrrole nitrogens is 1. The summed E-state index contributed by atoms with van der Waals surface area (Å²) in [6, 6.07) is 2.36. The number of halogens is 1. The van der Waals surface area contributed by atoms with Crippen molar-refractivity contribution >= 4 is 17.0 Å². The highest BCUT2D eigenvalue weighted by Gasteiger charge is 2.52. The number of carboxylic acids is 1. The Balaban J connectivity index is 1.79. The van der Waals surface area contributed by atoms with Gasteiger partial charge in [-0.25, -0.2) is 14.2 Å². The third kappa shape index (κ3) is 1.65. The van der Waals surface area contributed by atoms with Crippen molar-refractivity contribution in [2.75, 3.05) is 0 Å². The van der Waals surface area contributed by atoms with Crippen molar-refractivity contribution in [1.29, 1.82) is 0 Å². The number of fused-ring (bicyclic) bond motifs is 2. The van der Waals surface area contributed by atoms with Gasteiger partial charge >= 0.3 is 5.97 Å². The van der Waals surface area contributed by atoms with Gasteiger partial charge in [0.15, 0.2) is 0 Å². The molecule has 2 fully saturated rings. The molecule has 2 aliphatic rings. The zero-order chi connectivity index (χ0) is 13.9. The molecule has 2 saturated carbocycles. The van der Waals surface area contributed by atoms with E-state index in [1.54, 1.807) is 0 Å². The van der Waals surface area contributed by atoms with E-state index in [1.807, 2.05) is 0 Å². The van der Waals surface area contributed by atoms with Crippen molar-refractivity contribution in [2.45, 2.75) is 31.6 Å². The predicted octanol–water partition coefficient (Wildman–Crippen LogP) is 3.30. The van der Waals surface area contributed by atoms with Crippen LogP contribution >= 0.6 is 0 Å². The first-order valence-electron chi connectivity index (χ1n) is 7.07. The molecule has 2 aliphatic carbocycles. The summed E-state index contributed by atoms with van der Waals surface area (Å²) in [7, 11) is 0. The number of rotatable bonds is 2. The van der Waals surface area contributed by atoms with E-state index in [4.69, 9.17) is 5.11 Å². The Bertz CT molecular complexity index is 697. The molecule has 0 spiro atoms. The van der Waals surface area contributed by atoms with Gasteiger partial charge in [0.1, 0.15) is 17.2 Å². The molecule has 5 heteroatoms. The van der Waals surface area contributed by atoms with Crippen LogP contribution in [0.1, 0.15) is 47.8 Å². The van der Waals surface area contributed by atoms with Crippen LogP contribution in [-0.4, -0.2) is 21.0 Å².